The fraction of sp³-hybridized carbons (Fsp3) is 0.636. The summed E-state index contributed by atoms with van der Waals surface area (Å²) in [5.41, 5.74) is -0.193. The molecule has 1 aromatic heterocycles. The predicted octanol–water partition coefficient (Wildman–Crippen LogP) is 1.16. The van der Waals surface area contributed by atoms with Crippen LogP contribution < -0.4 is 5.56 Å². The van der Waals surface area contributed by atoms with E-state index in [4.69, 9.17) is 21.1 Å². The van der Waals surface area contributed by atoms with Gasteiger partial charge in [-0.2, -0.15) is 0 Å². The Morgan fingerprint density at radius 2 is 2.29 bits per heavy atom. The van der Waals surface area contributed by atoms with E-state index in [9.17, 15) is 4.79 Å². The quantitative estimate of drug-likeness (QED) is 0.827. The fourth-order valence-corrected chi connectivity index (χ4v) is 2.17. The number of aromatic amines is 1. The Morgan fingerprint density at radius 1 is 1.59 bits per heavy atom. The highest BCUT2D eigenvalue weighted by Crippen LogP contribution is 2.32. The summed E-state index contributed by atoms with van der Waals surface area (Å²) < 4.78 is 10.9. The minimum absolute atomic E-state index is 0.200. The molecule has 1 aliphatic rings. The van der Waals surface area contributed by atoms with Gasteiger partial charge in [-0.3, -0.25) is 4.79 Å². The molecule has 0 amide bonds. The molecule has 1 aromatic rings. The van der Waals surface area contributed by atoms with Crippen molar-refractivity contribution in [1.29, 1.82) is 0 Å². The summed E-state index contributed by atoms with van der Waals surface area (Å²) in [4.78, 5) is 18.6. The van der Waals surface area contributed by atoms with E-state index in [1.54, 1.807) is 7.11 Å². The molecular weight excluding hydrogens is 244 g/mol. The molecule has 0 aliphatic carbocycles. The Balaban J connectivity index is 2.42. The van der Waals surface area contributed by atoms with Crippen molar-refractivity contribution < 1.29 is 9.47 Å². The summed E-state index contributed by atoms with van der Waals surface area (Å²) in [7, 11) is 1.62. The van der Waals surface area contributed by atoms with E-state index in [2.05, 4.69) is 9.97 Å². The third-order valence-corrected chi connectivity index (χ3v) is 3.33. The molecule has 2 heterocycles. The van der Waals surface area contributed by atoms with Gasteiger partial charge in [-0.1, -0.05) is 0 Å². The normalized spacial score (nSPS) is 19.2. The highest BCUT2D eigenvalue weighted by atomic mass is 35.5. The third-order valence-electron chi connectivity index (χ3n) is 3.05. The monoisotopic (exact) mass is 258 g/mol. The van der Waals surface area contributed by atoms with E-state index in [-0.39, 0.29) is 11.4 Å². The molecule has 0 unspecified atom stereocenters. The van der Waals surface area contributed by atoms with Crippen LogP contribution in [0.1, 0.15) is 24.4 Å². The molecule has 6 heteroatoms. The van der Waals surface area contributed by atoms with Gasteiger partial charge in [-0.25, -0.2) is 4.98 Å². The topological polar surface area (TPSA) is 64.2 Å². The average molecular weight is 259 g/mol. The molecule has 0 radical (unpaired) electrons. The summed E-state index contributed by atoms with van der Waals surface area (Å²) in [6.07, 6.45) is 1.36. The van der Waals surface area contributed by atoms with Crippen molar-refractivity contribution in [2.75, 3.05) is 20.3 Å². The van der Waals surface area contributed by atoms with Gasteiger partial charge in [0.15, 0.2) is 0 Å². The molecule has 0 atom stereocenters. The van der Waals surface area contributed by atoms with Crippen LogP contribution in [0.15, 0.2) is 10.9 Å². The smallest absolute Gasteiger partial charge is 0.251 e. The molecule has 0 saturated carbocycles. The van der Waals surface area contributed by atoms with Crippen LogP contribution in [0.25, 0.3) is 0 Å². The van der Waals surface area contributed by atoms with Crippen molar-refractivity contribution in [2.24, 2.45) is 0 Å². The minimum Gasteiger partial charge on any atom is -0.381 e. The molecule has 17 heavy (non-hydrogen) atoms. The zero-order chi connectivity index (χ0) is 12.3. The Hall–Kier alpha value is -0.910. The third kappa shape index (κ3) is 2.51. The molecule has 0 aromatic carbocycles. The summed E-state index contributed by atoms with van der Waals surface area (Å²) >= 11 is 5.72. The Kier molecular flexibility index (Phi) is 3.81. The first-order valence-electron chi connectivity index (χ1n) is 5.50. The molecule has 1 saturated heterocycles. The van der Waals surface area contributed by atoms with Crippen LogP contribution in [0.3, 0.4) is 0 Å². The second-order valence-corrected chi connectivity index (χ2v) is 4.30. The molecule has 1 fully saturated rings. The van der Waals surface area contributed by atoms with Gasteiger partial charge in [0.1, 0.15) is 11.4 Å². The maximum absolute atomic E-state index is 11.5. The number of aromatic nitrogens is 2. The van der Waals surface area contributed by atoms with Crippen LogP contribution in [0.4, 0.5) is 0 Å². The standard InChI is InChI=1S/C11H15ClN2O3/c1-16-11(2-4-17-5-3-11)10-13-8(7-12)6-9(15)14-10/h6H,2-5,7H2,1H3,(H,13,14,15). The van der Waals surface area contributed by atoms with E-state index in [1.165, 1.54) is 6.07 Å². The highest BCUT2D eigenvalue weighted by Gasteiger charge is 2.37. The second-order valence-electron chi connectivity index (χ2n) is 4.03. The van der Waals surface area contributed by atoms with Gasteiger partial charge in [0.2, 0.25) is 0 Å². The number of nitrogens with one attached hydrogen (secondary N) is 1. The van der Waals surface area contributed by atoms with Gasteiger partial charge in [0.25, 0.3) is 5.56 Å². The van der Waals surface area contributed by atoms with Crippen molar-refractivity contribution in [1.82, 2.24) is 9.97 Å². The van der Waals surface area contributed by atoms with E-state index >= 15 is 0 Å². The first-order valence-corrected chi connectivity index (χ1v) is 6.03. The zero-order valence-corrected chi connectivity index (χ0v) is 10.4. The number of ether oxygens (including phenoxy) is 2. The number of methoxy groups -OCH3 is 1. The van der Waals surface area contributed by atoms with Crippen molar-refractivity contribution in [2.45, 2.75) is 24.3 Å². The van der Waals surface area contributed by atoms with Crippen molar-refractivity contribution in [3.63, 3.8) is 0 Å². The number of H-pyrrole nitrogens is 1. The highest BCUT2D eigenvalue weighted by molar-refractivity contribution is 6.16. The Labute approximate surface area is 104 Å². The Morgan fingerprint density at radius 3 is 2.88 bits per heavy atom. The van der Waals surface area contributed by atoms with Crippen molar-refractivity contribution in [3.8, 4) is 0 Å². The molecule has 5 nitrogen and oxygen atoms in total. The van der Waals surface area contributed by atoms with Gasteiger partial charge in [0.05, 0.1) is 11.6 Å². The van der Waals surface area contributed by atoms with E-state index < -0.39 is 5.60 Å². The van der Waals surface area contributed by atoms with Gasteiger partial charge < -0.3 is 14.5 Å². The van der Waals surface area contributed by atoms with Gasteiger partial charge in [-0.05, 0) is 0 Å². The molecule has 94 valence electrons. The predicted molar refractivity (Wildman–Crippen MR) is 63.2 cm³/mol. The largest absolute Gasteiger partial charge is 0.381 e. The first kappa shape index (κ1) is 12.5. The van der Waals surface area contributed by atoms with Crippen LogP contribution in [-0.2, 0) is 21.0 Å². The lowest BCUT2D eigenvalue weighted by atomic mass is 9.93. The summed E-state index contributed by atoms with van der Waals surface area (Å²) in [6.45, 7) is 1.20. The lowest BCUT2D eigenvalue weighted by molar-refractivity contribution is -0.100. The number of hydrogen-bond donors (Lipinski definition) is 1. The number of halogens is 1. The van der Waals surface area contributed by atoms with E-state index in [0.717, 1.165) is 0 Å². The number of rotatable bonds is 3. The summed E-state index contributed by atoms with van der Waals surface area (Å²) in [6, 6.07) is 1.40. The second kappa shape index (κ2) is 5.16. The summed E-state index contributed by atoms with van der Waals surface area (Å²) in [5, 5.41) is 0. The lowest BCUT2D eigenvalue weighted by Gasteiger charge is -2.34. The van der Waals surface area contributed by atoms with Crippen LogP contribution in [-0.4, -0.2) is 30.3 Å². The molecule has 1 aliphatic heterocycles. The van der Waals surface area contributed by atoms with Crippen LogP contribution >= 0.6 is 11.6 Å². The van der Waals surface area contributed by atoms with Crippen LogP contribution in [0, 0.1) is 0 Å². The average Bonchev–Trinajstić information content (AvgIpc) is 2.38. The van der Waals surface area contributed by atoms with Crippen LogP contribution in [0.5, 0.6) is 0 Å². The number of nitrogens with zero attached hydrogens (tertiary/aromatic N) is 1. The van der Waals surface area contributed by atoms with Gasteiger partial charge >= 0.3 is 0 Å². The van der Waals surface area contributed by atoms with Crippen molar-refractivity contribution in [3.05, 3.63) is 27.9 Å². The molecular formula is C11H15ClN2O3. The SMILES string of the molecule is COC1(c2nc(CCl)cc(=O)[nH]2)CCOCC1. The number of alkyl halides is 1. The number of hydrogen-bond acceptors (Lipinski definition) is 4. The zero-order valence-electron chi connectivity index (χ0n) is 9.66. The molecule has 1 N–H and O–H groups in total. The Bertz CT molecular complexity index is 441. The van der Waals surface area contributed by atoms with E-state index in [1.807, 2.05) is 0 Å². The minimum atomic E-state index is -0.556. The first-order chi connectivity index (χ1) is 8.20. The fourth-order valence-electron chi connectivity index (χ4n) is 2.03. The van der Waals surface area contributed by atoms with Gasteiger partial charge in [-0.15, -0.1) is 11.6 Å². The molecule has 0 bridgehead atoms. The maximum Gasteiger partial charge on any atom is 0.251 e. The summed E-state index contributed by atoms with van der Waals surface area (Å²) in [5.74, 6) is 0.763. The molecule has 0 spiro atoms. The maximum atomic E-state index is 11.5. The van der Waals surface area contributed by atoms with E-state index in [0.29, 0.717) is 37.6 Å². The lowest BCUT2D eigenvalue weighted by Crippen LogP contribution is -2.38. The van der Waals surface area contributed by atoms with Crippen molar-refractivity contribution >= 4 is 11.6 Å². The van der Waals surface area contributed by atoms with Crippen LogP contribution in [0.2, 0.25) is 0 Å². The molecule has 2 rings (SSSR count). The van der Waals surface area contributed by atoms with Gasteiger partial charge in [0, 0.05) is 39.2 Å².